The Bertz CT molecular complexity index is 486. The van der Waals surface area contributed by atoms with E-state index in [0.29, 0.717) is 12.8 Å². The molecule has 1 unspecified atom stereocenters. The maximum Gasteiger partial charge on any atom is 0.152 e. The molecule has 0 aliphatic heterocycles. The molecule has 1 aromatic carbocycles. The molecule has 5 heteroatoms. The molecule has 0 aliphatic carbocycles. The third-order valence-electron chi connectivity index (χ3n) is 2.93. The first-order chi connectivity index (χ1) is 8.33. The summed E-state index contributed by atoms with van der Waals surface area (Å²) in [5.41, 5.74) is 7.11. The standard InChI is InChI=1S/C13H20BrNO2S/c1-10(2)18(16,17)8-7-12(15)9-11-5-3-4-6-13(11)14/h3-6,10,12H,7-9,15H2,1-2H3. The third kappa shape index (κ3) is 4.71. The minimum absolute atomic E-state index is 0.128. The topological polar surface area (TPSA) is 60.2 Å². The number of sulfone groups is 1. The first kappa shape index (κ1) is 15.7. The van der Waals surface area contributed by atoms with Crippen LogP contribution in [0.15, 0.2) is 28.7 Å². The lowest BCUT2D eigenvalue weighted by atomic mass is 10.1. The zero-order valence-electron chi connectivity index (χ0n) is 10.8. The van der Waals surface area contributed by atoms with Gasteiger partial charge in [0.25, 0.3) is 0 Å². The number of hydrogen-bond acceptors (Lipinski definition) is 3. The Balaban J connectivity index is 2.53. The SMILES string of the molecule is CC(C)S(=O)(=O)CCC(N)Cc1ccccc1Br. The summed E-state index contributed by atoms with van der Waals surface area (Å²) >= 11 is 3.46. The first-order valence-electron chi connectivity index (χ1n) is 6.03. The van der Waals surface area contributed by atoms with Crippen molar-refractivity contribution in [2.45, 2.75) is 38.0 Å². The summed E-state index contributed by atoms with van der Waals surface area (Å²) in [5, 5.41) is -0.326. The molecule has 0 fully saturated rings. The molecule has 0 heterocycles. The van der Waals surface area contributed by atoms with Crippen LogP contribution in [0.4, 0.5) is 0 Å². The quantitative estimate of drug-likeness (QED) is 0.870. The highest BCUT2D eigenvalue weighted by atomic mass is 79.9. The van der Waals surface area contributed by atoms with Gasteiger partial charge in [-0.2, -0.15) is 0 Å². The van der Waals surface area contributed by atoms with E-state index in [1.165, 1.54) is 0 Å². The van der Waals surface area contributed by atoms with E-state index in [4.69, 9.17) is 5.73 Å². The van der Waals surface area contributed by atoms with Crippen molar-refractivity contribution >= 4 is 25.8 Å². The van der Waals surface area contributed by atoms with Crippen LogP contribution in [0.5, 0.6) is 0 Å². The highest BCUT2D eigenvalue weighted by Gasteiger charge is 2.17. The van der Waals surface area contributed by atoms with Gasteiger partial charge in [-0.15, -0.1) is 0 Å². The largest absolute Gasteiger partial charge is 0.327 e. The van der Waals surface area contributed by atoms with Crippen molar-refractivity contribution in [3.05, 3.63) is 34.3 Å². The highest BCUT2D eigenvalue weighted by molar-refractivity contribution is 9.10. The predicted molar refractivity (Wildman–Crippen MR) is 79.4 cm³/mol. The van der Waals surface area contributed by atoms with Gasteiger partial charge in [0.2, 0.25) is 0 Å². The summed E-state index contributed by atoms with van der Waals surface area (Å²) in [6, 6.07) is 7.74. The maximum absolute atomic E-state index is 11.7. The van der Waals surface area contributed by atoms with Gasteiger partial charge < -0.3 is 5.73 Å². The fourth-order valence-corrected chi connectivity index (χ4v) is 3.15. The number of hydrogen-bond donors (Lipinski definition) is 1. The van der Waals surface area contributed by atoms with Crippen molar-refractivity contribution in [3.8, 4) is 0 Å². The van der Waals surface area contributed by atoms with Crippen LogP contribution in [0.25, 0.3) is 0 Å². The van der Waals surface area contributed by atoms with Crippen molar-refractivity contribution in [2.75, 3.05) is 5.75 Å². The average molecular weight is 334 g/mol. The number of halogens is 1. The van der Waals surface area contributed by atoms with Gasteiger partial charge in [0.05, 0.1) is 11.0 Å². The van der Waals surface area contributed by atoms with E-state index < -0.39 is 9.84 Å². The molecule has 1 aromatic rings. The smallest absolute Gasteiger partial charge is 0.152 e. The Hall–Kier alpha value is -0.390. The molecule has 0 saturated carbocycles. The van der Waals surface area contributed by atoms with Gasteiger partial charge in [0, 0.05) is 10.5 Å². The van der Waals surface area contributed by atoms with Crippen LogP contribution < -0.4 is 5.73 Å². The molecular formula is C13H20BrNO2S. The number of rotatable bonds is 6. The Kier molecular flexibility index (Phi) is 5.82. The fourth-order valence-electron chi connectivity index (χ4n) is 1.60. The second-order valence-corrected chi connectivity index (χ2v) is 8.29. The van der Waals surface area contributed by atoms with Crippen LogP contribution in [-0.4, -0.2) is 25.5 Å². The lowest BCUT2D eigenvalue weighted by Crippen LogP contribution is -2.28. The molecule has 0 saturated heterocycles. The van der Waals surface area contributed by atoms with Gasteiger partial charge in [-0.05, 0) is 38.3 Å². The molecule has 0 spiro atoms. The Morgan fingerprint density at radius 1 is 1.28 bits per heavy atom. The molecule has 0 aromatic heterocycles. The predicted octanol–water partition coefficient (Wildman–Crippen LogP) is 2.53. The zero-order chi connectivity index (χ0) is 13.8. The Morgan fingerprint density at radius 3 is 2.44 bits per heavy atom. The van der Waals surface area contributed by atoms with Crippen LogP contribution in [0.2, 0.25) is 0 Å². The Labute approximate surface area is 118 Å². The number of nitrogens with two attached hydrogens (primary N) is 1. The van der Waals surface area contributed by atoms with E-state index >= 15 is 0 Å². The van der Waals surface area contributed by atoms with Gasteiger partial charge >= 0.3 is 0 Å². The molecule has 102 valence electrons. The van der Waals surface area contributed by atoms with Crippen molar-refractivity contribution in [3.63, 3.8) is 0 Å². The second kappa shape index (κ2) is 6.68. The highest BCUT2D eigenvalue weighted by Crippen LogP contribution is 2.18. The van der Waals surface area contributed by atoms with Crippen LogP contribution in [-0.2, 0) is 16.3 Å². The molecule has 1 atom stereocenters. The molecule has 3 nitrogen and oxygen atoms in total. The van der Waals surface area contributed by atoms with Gasteiger partial charge in [-0.1, -0.05) is 34.1 Å². The second-order valence-electron chi connectivity index (χ2n) is 4.76. The first-order valence-corrected chi connectivity index (χ1v) is 8.54. The van der Waals surface area contributed by atoms with Gasteiger partial charge in [0.15, 0.2) is 9.84 Å². The average Bonchev–Trinajstić information content (AvgIpc) is 2.29. The van der Waals surface area contributed by atoms with E-state index in [0.717, 1.165) is 10.0 Å². The van der Waals surface area contributed by atoms with Crippen LogP contribution in [0.3, 0.4) is 0 Å². The lowest BCUT2D eigenvalue weighted by molar-refractivity contribution is 0.573. The molecule has 0 aliphatic rings. The van der Waals surface area contributed by atoms with Crippen molar-refractivity contribution < 1.29 is 8.42 Å². The molecule has 1 rings (SSSR count). The summed E-state index contributed by atoms with van der Waals surface area (Å²) < 4.78 is 24.4. The maximum atomic E-state index is 11.7. The molecule has 0 bridgehead atoms. The molecule has 18 heavy (non-hydrogen) atoms. The van der Waals surface area contributed by atoms with Crippen molar-refractivity contribution in [1.82, 2.24) is 0 Å². The zero-order valence-corrected chi connectivity index (χ0v) is 13.2. The minimum atomic E-state index is -2.99. The summed E-state index contributed by atoms with van der Waals surface area (Å²) in [5.74, 6) is 0.163. The molecule has 0 radical (unpaired) electrons. The fraction of sp³-hybridized carbons (Fsp3) is 0.538. The van der Waals surface area contributed by atoms with Crippen LogP contribution in [0.1, 0.15) is 25.8 Å². The van der Waals surface area contributed by atoms with Crippen molar-refractivity contribution in [2.24, 2.45) is 5.73 Å². The van der Waals surface area contributed by atoms with Gasteiger partial charge in [-0.25, -0.2) is 8.42 Å². The summed E-state index contributed by atoms with van der Waals surface area (Å²) in [6.45, 7) is 3.41. The van der Waals surface area contributed by atoms with Crippen LogP contribution >= 0.6 is 15.9 Å². The summed E-state index contributed by atoms with van der Waals surface area (Å²) in [4.78, 5) is 0. The van der Waals surface area contributed by atoms with E-state index in [1.807, 2.05) is 24.3 Å². The normalized spacial score (nSPS) is 13.8. The van der Waals surface area contributed by atoms with Crippen LogP contribution in [0, 0.1) is 0 Å². The monoisotopic (exact) mass is 333 g/mol. The lowest BCUT2D eigenvalue weighted by Gasteiger charge is -2.14. The van der Waals surface area contributed by atoms with Crippen molar-refractivity contribution in [1.29, 1.82) is 0 Å². The molecule has 2 N–H and O–H groups in total. The third-order valence-corrected chi connectivity index (χ3v) is 5.95. The Morgan fingerprint density at radius 2 is 1.89 bits per heavy atom. The molecular weight excluding hydrogens is 314 g/mol. The number of benzene rings is 1. The van der Waals surface area contributed by atoms with Gasteiger partial charge in [-0.3, -0.25) is 0 Å². The van der Waals surface area contributed by atoms with Gasteiger partial charge in [0.1, 0.15) is 0 Å². The van der Waals surface area contributed by atoms with E-state index in [2.05, 4.69) is 15.9 Å². The van der Waals surface area contributed by atoms with E-state index in [1.54, 1.807) is 13.8 Å². The molecule has 0 amide bonds. The summed E-state index contributed by atoms with van der Waals surface area (Å²) in [7, 11) is -2.99. The van der Waals surface area contributed by atoms with E-state index in [-0.39, 0.29) is 17.0 Å². The minimum Gasteiger partial charge on any atom is -0.327 e. The van der Waals surface area contributed by atoms with E-state index in [9.17, 15) is 8.42 Å². The summed E-state index contributed by atoms with van der Waals surface area (Å²) in [6.07, 6.45) is 1.19.